The monoisotopic (exact) mass is 785 g/mol. The van der Waals surface area contributed by atoms with Crippen LogP contribution < -0.4 is 4.90 Å². The second-order valence-corrected chi connectivity index (χ2v) is 15.7. The minimum atomic E-state index is 0.940. The molecule has 1 heteroatoms. The van der Waals surface area contributed by atoms with Gasteiger partial charge in [-0.2, -0.15) is 0 Å². The van der Waals surface area contributed by atoms with Gasteiger partial charge in [0, 0.05) is 16.8 Å². The van der Waals surface area contributed by atoms with E-state index in [9.17, 15) is 0 Å². The van der Waals surface area contributed by atoms with E-state index in [0.717, 1.165) is 28.2 Å². The predicted octanol–water partition coefficient (Wildman–Crippen LogP) is 17.1. The van der Waals surface area contributed by atoms with E-state index in [2.05, 4.69) is 234 Å². The molecule has 0 aliphatic rings. The lowest BCUT2D eigenvalue weighted by atomic mass is 9.90. The van der Waals surface area contributed by atoms with E-state index in [1.807, 2.05) is 24.3 Å². The van der Waals surface area contributed by atoms with Crippen LogP contribution in [0.25, 0.3) is 60.9 Å². The molecule has 0 aliphatic heterocycles. The van der Waals surface area contributed by atoms with Crippen LogP contribution in [0.4, 0.5) is 17.1 Å². The van der Waals surface area contributed by atoms with E-state index in [1.54, 1.807) is 0 Å². The molecule has 0 fully saturated rings. The first-order chi connectivity index (χ1) is 29.8. The fraction of sp³-hybridized carbons (Fsp3) is 0.0667. The molecule has 1 nitrogen and oxygen atoms in total. The van der Waals surface area contributed by atoms with Crippen LogP contribution in [0.15, 0.2) is 225 Å². The van der Waals surface area contributed by atoms with Crippen molar-refractivity contribution in [3.63, 3.8) is 0 Å². The molecule has 0 radical (unpaired) electrons. The molecule has 0 saturated carbocycles. The van der Waals surface area contributed by atoms with Crippen LogP contribution in [0.3, 0.4) is 0 Å². The summed E-state index contributed by atoms with van der Waals surface area (Å²) in [5.41, 5.74) is 20.2. The van der Waals surface area contributed by atoms with E-state index in [-0.39, 0.29) is 0 Å². The minimum absolute atomic E-state index is 0.940. The summed E-state index contributed by atoms with van der Waals surface area (Å²) in [4.78, 5) is 2.39. The molecule has 0 aliphatic carbocycles. The molecule has 61 heavy (non-hydrogen) atoms. The van der Waals surface area contributed by atoms with Gasteiger partial charge in [-0.1, -0.05) is 195 Å². The molecule has 296 valence electrons. The molecule has 9 aromatic carbocycles. The molecule has 0 aromatic heterocycles. The first-order valence-electron chi connectivity index (χ1n) is 21.0. The summed E-state index contributed by atoms with van der Waals surface area (Å²) in [5, 5.41) is 2.41. The lowest BCUT2D eigenvalue weighted by Crippen LogP contribution is -2.10. The lowest BCUT2D eigenvalue weighted by molar-refractivity contribution is 1.30. The van der Waals surface area contributed by atoms with Crippen molar-refractivity contribution >= 4 is 33.4 Å². The van der Waals surface area contributed by atoms with Crippen LogP contribution in [0.1, 0.15) is 27.8 Å². The highest BCUT2D eigenvalue weighted by Gasteiger charge is 2.19. The van der Waals surface area contributed by atoms with Crippen molar-refractivity contribution in [3.05, 3.63) is 253 Å². The van der Waals surface area contributed by atoms with Crippen molar-refractivity contribution in [1.82, 2.24) is 0 Å². The fourth-order valence-corrected chi connectivity index (χ4v) is 8.20. The Kier molecular flexibility index (Phi) is 12.0. The zero-order valence-electron chi connectivity index (χ0n) is 35.6. The molecule has 0 heterocycles. The summed E-state index contributed by atoms with van der Waals surface area (Å²) in [6, 6.07) is 74.2. The standard InChI is InChI=1S/C53H43N.C7H8/c1-6-36(2)47-31-26-43(34-39(47)5)42-24-29-46(30-25-42)54(45-27-22-41(23-28-45)40-15-8-7-9-16-40)53-33-32-49(50-18-12-13-19-51(50)53)44-21-20-38(4)52(35-44)48-17-11-10-14-37(48)3;1-7-5-3-2-4-6-7/h6-35H,1-2H2,3-5H3;2-6H,1H3. The van der Waals surface area contributed by atoms with E-state index in [0.29, 0.717) is 0 Å². The summed E-state index contributed by atoms with van der Waals surface area (Å²) >= 11 is 0. The number of aryl methyl sites for hydroxylation is 4. The van der Waals surface area contributed by atoms with Gasteiger partial charge in [0.15, 0.2) is 0 Å². The molecule has 0 amide bonds. The summed E-state index contributed by atoms with van der Waals surface area (Å²) in [7, 11) is 0. The van der Waals surface area contributed by atoms with Crippen LogP contribution in [0.5, 0.6) is 0 Å². The van der Waals surface area contributed by atoms with Crippen LogP contribution in [0.2, 0.25) is 0 Å². The van der Waals surface area contributed by atoms with Crippen molar-refractivity contribution in [1.29, 1.82) is 0 Å². The fourth-order valence-electron chi connectivity index (χ4n) is 8.20. The Morgan fingerprint density at radius 2 is 0.918 bits per heavy atom. The molecule has 9 aromatic rings. The van der Waals surface area contributed by atoms with Gasteiger partial charge >= 0.3 is 0 Å². The number of hydrogen-bond acceptors (Lipinski definition) is 1. The number of benzene rings is 9. The molecule has 0 bridgehead atoms. The zero-order chi connectivity index (χ0) is 42.3. The SMILES string of the molecule is C=CC(=C)c1ccc(-c2ccc(N(c3ccc(-c4ccccc4)cc3)c3ccc(-c4ccc(C)c(-c5ccccc5C)c4)c4ccccc34)cc2)cc1C.Cc1ccccc1. The van der Waals surface area contributed by atoms with Gasteiger partial charge in [-0.3, -0.25) is 0 Å². The number of nitrogens with zero attached hydrogens (tertiary/aromatic N) is 1. The molecular formula is C60H51N. The molecular weight excluding hydrogens is 735 g/mol. The van der Waals surface area contributed by atoms with Gasteiger partial charge < -0.3 is 4.90 Å². The average Bonchev–Trinajstić information content (AvgIpc) is 3.30. The van der Waals surface area contributed by atoms with E-state index < -0.39 is 0 Å². The summed E-state index contributed by atoms with van der Waals surface area (Å²) in [5.74, 6) is 0. The van der Waals surface area contributed by atoms with Gasteiger partial charge in [-0.25, -0.2) is 0 Å². The Hall–Kier alpha value is -7.48. The number of anilines is 3. The third-order valence-electron chi connectivity index (χ3n) is 11.6. The van der Waals surface area contributed by atoms with E-state index >= 15 is 0 Å². The van der Waals surface area contributed by atoms with Crippen molar-refractivity contribution in [2.75, 3.05) is 4.90 Å². The number of allylic oxidation sites excluding steroid dienone is 2. The number of fused-ring (bicyclic) bond motifs is 1. The maximum Gasteiger partial charge on any atom is 0.0540 e. The molecule has 9 rings (SSSR count). The van der Waals surface area contributed by atoms with Crippen LogP contribution >= 0.6 is 0 Å². The van der Waals surface area contributed by atoms with Crippen molar-refractivity contribution < 1.29 is 0 Å². The minimum Gasteiger partial charge on any atom is -0.310 e. The maximum absolute atomic E-state index is 4.16. The molecule has 0 spiro atoms. The molecule has 0 atom stereocenters. The normalized spacial score (nSPS) is 10.8. The Labute approximate surface area is 362 Å². The zero-order valence-corrected chi connectivity index (χ0v) is 35.6. The topological polar surface area (TPSA) is 3.24 Å². The van der Waals surface area contributed by atoms with Crippen LogP contribution in [0, 0.1) is 27.7 Å². The predicted molar refractivity (Wildman–Crippen MR) is 265 cm³/mol. The summed E-state index contributed by atoms with van der Waals surface area (Å²) < 4.78 is 0. The van der Waals surface area contributed by atoms with Gasteiger partial charge in [0.05, 0.1) is 5.69 Å². The molecule has 0 N–H and O–H groups in total. The van der Waals surface area contributed by atoms with Crippen LogP contribution in [-0.4, -0.2) is 0 Å². The Bertz CT molecular complexity index is 2960. The Balaban J connectivity index is 0.000000668. The van der Waals surface area contributed by atoms with Gasteiger partial charge in [-0.15, -0.1) is 0 Å². The van der Waals surface area contributed by atoms with Crippen LogP contribution in [-0.2, 0) is 0 Å². The lowest BCUT2D eigenvalue weighted by Gasteiger charge is -2.28. The first kappa shape index (κ1) is 40.3. The maximum atomic E-state index is 4.16. The largest absolute Gasteiger partial charge is 0.310 e. The summed E-state index contributed by atoms with van der Waals surface area (Å²) in [6.45, 7) is 16.7. The van der Waals surface area contributed by atoms with Crippen molar-refractivity contribution in [3.8, 4) is 44.5 Å². The van der Waals surface area contributed by atoms with Gasteiger partial charge in [0.25, 0.3) is 0 Å². The third-order valence-corrected chi connectivity index (χ3v) is 11.6. The smallest absolute Gasteiger partial charge is 0.0540 e. The Morgan fingerprint density at radius 1 is 0.393 bits per heavy atom. The molecule has 0 saturated heterocycles. The second kappa shape index (κ2) is 18.2. The number of rotatable bonds is 9. The highest BCUT2D eigenvalue weighted by molar-refractivity contribution is 6.06. The van der Waals surface area contributed by atoms with Gasteiger partial charge in [0.1, 0.15) is 0 Å². The van der Waals surface area contributed by atoms with Gasteiger partial charge in [0.2, 0.25) is 0 Å². The summed E-state index contributed by atoms with van der Waals surface area (Å²) in [6.07, 6.45) is 1.82. The Morgan fingerprint density at radius 3 is 1.52 bits per heavy atom. The van der Waals surface area contributed by atoms with Crippen molar-refractivity contribution in [2.24, 2.45) is 0 Å². The highest BCUT2D eigenvalue weighted by atomic mass is 15.1. The molecule has 0 unspecified atom stereocenters. The van der Waals surface area contributed by atoms with Crippen molar-refractivity contribution in [2.45, 2.75) is 27.7 Å². The number of hydrogen-bond donors (Lipinski definition) is 0. The quantitative estimate of drug-likeness (QED) is 0.132. The first-order valence-corrected chi connectivity index (χ1v) is 21.0. The third kappa shape index (κ3) is 8.79. The van der Waals surface area contributed by atoms with E-state index in [4.69, 9.17) is 0 Å². The van der Waals surface area contributed by atoms with E-state index in [1.165, 1.54) is 77.5 Å². The highest BCUT2D eigenvalue weighted by Crippen LogP contribution is 2.43. The average molecular weight is 786 g/mol. The second-order valence-electron chi connectivity index (χ2n) is 15.7. The van der Waals surface area contributed by atoms with Gasteiger partial charge in [-0.05, 0) is 142 Å².